The van der Waals surface area contributed by atoms with Crippen LogP contribution in [0.5, 0.6) is 11.9 Å². The van der Waals surface area contributed by atoms with Crippen LogP contribution in [-0.2, 0) is 0 Å². The zero-order chi connectivity index (χ0) is 11.8. The van der Waals surface area contributed by atoms with Crippen LogP contribution in [-0.4, -0.2) is 36.8 Å². The molecule has 1 heterocycles. The minimum absolute atomic E-state index is 0.376. The molecule has 1 N–H and O–H groups in total. The topological polar surface area (TPSA) is 56.3 Å². The highest BCUT2D eigenvalue weighted by atomic mass is 16.5. The van der Waals surface area contributed by atoms with Gasteiger partial charge in [0.25, 0.3) is 0 Å². The van der Waals surface area contributed by atoms with Crippen LogP contribution in [0.25, 0.3) is 0 Å². The summed E-state index contributed by atoms with van der Waals surface area (Å²) in [5, 5.41) is 2.99. The minimum atomic E-state index is 0.376. The van der Waals surface area contributed by atoms with E-state index in [2.05, 4.69) is 22.2 Å². The molecular formula is C11H19N3O2. The third-order valence-corrected chi connectivity index (χ3v) is 1.85. The standard InChI is InChI=1S/C11H19N3O2/c1-4-6-15-10-8-9(2)13-11(14-10)16-7-5-12-3/h8,12H,4-7H2,1-3H3. The molecule has 0 unspecified atom stereocenters. The minimum Gasteiger partial charge on any atom is -0.478 e. The number of rotatable bonds is 7. The summed E-state index contributed by atoms with van der Waals surface area (Å²) < 4.78 is 10.8. The summed E-state index contributed by atoms with van der Waals surface area (Å²) >= 11 is 0. The van der Waals surface area contributed by atoms with Crippen LogP contribution < -0.4 is 14.8 Å². The van der Waals surface area contributed by atoms with Crippen molar-refractivity contribution in [2.45, 2.75) is 20.3 Å². The predicted octanol–water partition coefficient (Wildman–Crippen LogP) is 1.17. The second kappa shape index (κ2) is 7.00. The second-order valence-electron chi connectivity index (χ2n) is 3.43. The van der Waals surface area contributed by atoms with Crippen LogP contribution >= 0.6 is 0 Å². The van der Waals surface area contributed by atoms with E-state index >= 15 is 0 Å². The van der Waals surface area contributed by atoms with Gasteiger partial charge in [0.05, 0.1) is 6.61 Å². The molecular weight excluding hydrogens is 206 g/mol. The Morgan fingerprint density at radius 2 is 2.06 bits per heavy atom. The third-order valence-electron chi connectivity index (χ3n) is 1.85. The lowest BCUT2D eigenvalue weighted by molar-refractivity contribution is 0.270. The number of hydrogen-bond donors (Lipinski definition) is 1. The molecule has 0 spiro atoms. The fourth-order valence-electron chi connectivity index (χ4n) is 1.10. The molecule has 0 atom stereocenters. The quantitative estimate of drug-likeness (QED) is 0.706. The summed E-state index contributed by atoms with van der Waals surface area (Å²) in [5.74, 6) is 0.578. The Bertz CT molecular complexity index is 318. The molecule has 5 nitrogen and oxygen atoms in total. The van der Waals surface area contributed by atoms with Crippen LogP contribution in [0.3, 0.4) is 0 Å². The molecule has 1 aromatic rings. The third kappa shape index (κ3) is 4.44. The average molecular weight is 225 g/mol. The molecule has 0 radical (unpaired) electrons. The number of nitrogens with one attached hydrogen (secondary N) is 1. The molecule has 1 rings (SSSR count). The number of aryl methyl sites for hydroxylation is 1. The van der Waals surface area contributed by atoms with Crippen molar-refractivity contribution in [1.29, 1.82) is 0 Å². The van der Waals surface area contributed by atoms with Gasteiger partial charge in [-0.1, -0.05) is 6.92 Å². The van der Waals surface area contributed by atoms with Gasteiger partial charge in [0.15, 0.2) is 0 Å². The molecule has 5 heteroatoms. The highest BCUT2D eigenvalue weighted by Gasteiger charge is 2.03. The Labute approximate surface area is 96.2 Å². The fraction of sp³-hybridized carbons (Fsp3) is 0.636. The van der Waals surface area contributed by atoms with Gasteiger partial charge >= 0.3 is 6.01 Å². The molecule has 0 aliphatic carbocycles. The smallest absolute Gasteiger partial charge is 0.319 e. The molecule has 90 valence electrons. The summed E-state index contributed by atoms with van der Waals surface area (Å²) in [6.07, 6.45) is 0.957. The van der Waals surface area contributed by atoms with E-state index in [0.717, 1.165) is 18.7 Å². The SMILES string of the molecule is CCCOc1cc(C)nc(OCCNC)n1. The normalized spacial score (nSPS) is 10.2. The van der Waals surface area contributed by atoms with Crippen molar-refractivity contribution in [3.63, 3.8) is 0 Å². The van der Waals surface area contributed by atoms with Crippen molar-refractivity contribution in [2.24, 2.45) is 0 Å². The van der Waals surface area contributed by atoms with Crippen LogP contribution in [0.4, 0.5) is 0 Å². The van der Waals surface area contributed by atoms with Crippen molar-refractivity contribution in [3.8, 4) is 11.9 Å². The van der Waals surface area contributed by atoms with Crippen LogP contribution in [0, 0.1) is 6.92 Å². The van der Waals surface area contributed by atoms with E-state index in [4.69, 9.17) is 9.47 Å². The van der Waals surface area contributed by atoms with Crippen LogP contribution in [0.2, 0.25) is 0 Å². The van der Waals surface area contributed by atoms with Gasteiger partial charge in [-0.15, -0.1) is 0 Å². The number of aromatic nitrogens is 2. The molecule has 0 amide bonds. The molecule has 0 aliphatic heterocycles. The van der Waals surface area contributed by atoms with Crippen molar-refractivity contribution >= 4 is 0 Å². The van der Waals surface area contributed by atoms with Gasteiger partial charge in [0, 0.05) is 18.3 Å². The fourth-order valence-corrected chi connectivity index (χ4v) is 1.10. The Hall–Kier alpha value is -1.36. The van der Waals surface area contributed by atoms with E-state index < -0.39 is 0 Å². The summed E-state index contributed by atoms with van der Waals surface area (Å²) in [6, 6.07) is 2.18. The maximum absolute atomic E-state index is 5.44. The van der Waals surface area contributed by atoms with Gasteiger partial charge in [-0.3, -0.25) is 0 Å². The number of nitrogens with zero attached hydrogens (tertiary/aromatic N) is 2. The van der Waals surface area contributed by atoms with E-state index in [1.807, 2.05) is 14.0 Å². The summed E-state index contributed by atoms with van der Waals surface area (Å²) in [7, 11) is 1.87. The first-order valence-corrected chi connectivity index (χ1v) is 5.52. The van der Waals surface area contributed by atoms with Gasteiger partial charge in [-0.2, -0.15) is 4.98 Å². The second-order valence-corrected chi connectivity index (χ2v) is 3.43. The Morgan fingerprint density at radius 3 is 2.75 bits per heavy atom. The van der Waals surface area contributed by atoms with E-state index in [0.29, 0.717) is 25.1 Å². The molecule has 0 aromatic carbocycles. The van der Waals surface area contributed by atoms with Crippen molar-refractivity contribution in [2.75, 3.05) is 26.8 Å². The van der Waals surface area contributed by atoms with Crippen molar-refractivity contribution in [3.05, 3.63) is 11.8 Å². The van der Waals surface area contributed by atoms with Gasteiger partial charge in [0.2, 0.25) is 5.88 Å². The number of hydrogen-bond acceptors (Lipinski definition) is 5. The zero-order valence-electron chi connectivity index (χ0n) is 10.1. The van der Waals surface area contributed by atoms with Crippen LogP contribution in [0.15, 0.2) is 6.07 Å². The molecule has 16 heavy (non-hydrogen) atoms. The van der Waals surface area contributed by atoms with E-state index in [1.54, 1.807) is 6.07 Å². The molecule has 0 saturated carbocycles. The first kappa shape index (κ1) is 12.7. The first-order valence-electron chi connectivity index (χ1n) is 5.52. The lowest BCUT2D eigenvalue weighted by Gasteiger charge is -2.07. The van der Waals surface area contributed by atoms with E-state index in [-0.39, 0.29) is 0 Å². The van der Waals surface area contributed by atoms with E-state index in [9.17, 15) is 0 Å². The number of likely N-dealkylation sites (N-methyl/N-ethyl adjacent to an activating group) is 1. The van der Waals surface area contributed by atoms with Crippen LogP contribution in [0.1, 0.15) is 19.0 Å². The lowest BCUT2D eigenvalue weighted by atomic mass is 10.4. The summed E-state index contributed by atoms with van der Waals surface area (Å²) in [6.45, 7) is 5.92. The molecule has 0 fully saturated rings. The largest absolute Gasteiger partial charge is 0.478 e. The zero-order valence-corrected chi connectivity index (χ0v) is 10.1. The average Bonchev–Trinajstić information content (AvgIpc) is 2.26. The van der Waals surface area contributed by atoms with Gasteiger partial charge in [0.1, 0.15) is 6.61 Å². The van der Waals surface area contributed by atoms with Gasteiger partial charge in [-0.05, 0) is 20.4 Å². The summed E-state index contributed by atoms with van der Waals surface area (Å²) in [5.41, 5.74) is 0.848. The Morgan fingerprint density at radius 1 is 1.25 bits per heavy atom. The van der Waals surface area contributed by atoms with Gasteiger partial charge in [-0.25, -0.2) is 4.98 Å². The van der Waals surface area contributed by atoms with Crippen molar-refractivity contribution in [1.82, 2.24) is 15.3 Å². The number of ether oxygens (including phenoxy) is 2. The Balaban J connectivity index is 2.58. The lowest BCUT2D eigenvalue weighted by Crippen LogP contribution is -2.17. The predicted molar refractivity (Wildman–Crippen MR) is 62.0 cm³/mol. The molecule has 0 bridgehead atoms. The highest BCUT2D eigenvalue weighted by Crippen LogP contribution is 2.13. The highest BCUT2D eigenvalue weighted by molar-refractivity contribution is 5.17. The molecule has 0 aliphatic rings. The first-order chi connectivity index (χ1) is 7.76. The maximum Gasteiger partial charge on any atom is 0.319 e. The monoisotopic (exact) mass is 225 g/mol. The van der Waals surface area contributed by atoms with E-state index in [1.165, 1.54) is 0 Å². The van der Waals surface area contributed by atoms with Crippen molar-refractivity contribution < 1.29 is 9.47 Å². The summed E-state index contributed by atoms with van der Waals surface area (Å²) in [4.78, 5) is 8.33. The molecule has 1 aromatic heterocycles. The molecule has 0 saturated heterocycles. The maximum atomic E-state index is 5.44. The Kier molecular flexibility index (Phi) is 5.56. The van der Waals surface area contributed by atoms with Gasteiger partial charge < -0.3 is 14.8 Å².